The van der Waals surface area contributed by atoms with E-state index in [0.717, 1.165) is 40.5 Å². The molecule has 1 aromatic heterocycles. The van der Waals surface area contributed by atoms with Crippen molar-refractivity contribution >= 4 is 22.7 Å². The Morgan fingerprint density at radius 1 is 1.09 bits per heavy atom. The molecule has 0 spiro atoms. The number of fused-ring (bicyclic) bond motifs is 1. The molecule has 0 radical (unpaired) electrons. The molecule has 1 heterocycles. The third-order valence-corrected chi connectivity index (χ3v) is 4.94. The molecule has 3 nitrogen and oxygen atoms in total. The lowest BCUT2D eigenvalue weighted by Gasteiger charge is -2.15. The Hall–Kier alpha value is -2.07. The van der Waals surface area contributed by atoms with Crippen LogP contribution in [-0.4, -0.2) is 15.3 Å². The summed E-state index contributed by atoms with van der Waals surface area (Å²) in [5, 5.41) is 0.667. The van der Waals surface area contributed by atoms with Gasteiger partial charge in [0.15, 0.2) is 0 Å². The summed E-state index contributed by atoms with van der Waals surface area (Å²) in [4.78, 5) is 17.8. The predicted octanol–water partition coefficient (Wildman–Crippen LogP) is 4.34. The molecule has 0 aliphatic rings. The number of rotatable bonds is 5. The Morgan fingerprint density at radius 2 is 1.83 bits per heavy atom. The van der Waals surface area contributed by atoms with Gasteiger partial charge in [0, 0.05) is 0 Å². The van der Waals surface area contributed by atoms with Crippen LogP contribution in [0.15, 0.2) is 53.3 Å². The van der Waals surface area contributed by atoms with Crippen LogP contribution in [0.4, 0.5) is 0 Å². The van der Waals surface area contributed by atoms with Crippen LogP contribution in [0.2, 0.25) is 0 Å². The van der Waals surface area contributed by atoms with Gasteiger partial charge in [-0.2, -0.15) is 11.8 Å². The molecule has 0 atom stereocenters. The summed E-state index contributed by atoms with van der Waals surface area (Å²) in [5.74, 6) is 2.63. The van der Waals surface area contributed by atoms with Gasteiger partial charge in [-0.15, -0.1) is 0 Å². The van der Waals surface area contributed by atoms with E-state index in [2.05, 4.69) is 6.92 Å². The molecular weight excluding hydrogens is 304 g/mol. The second kappa shape index (κ2) is 7.01. The van der Waals surface area contributed by atoms with Crippen LogP contribution in [0.5, 0.6) is 0 Å². The fourth-order valence-electron chi connectivity index (χ4n) is 2.65. The van der Waals surface area contributed by atoms with E-state index < -0.39 is 0 Å². The van der Waals surface area contributed by atoms with Crippen molar-refractivity contribution in [2.24, 2.45) is 0 Å². The van der Waals surface area contributed by atoms with Crippen LogP contribution < -0.4 is 5.56 Å². The van der Waals surface area contributed by atoms with Gasteiger partial charge < -0.3 is 0 Å². The number of nitrogens with zero attached hydrogens (tertiary/aromatic N) is 2. The van der Waals surface area contributed by atoms with E-state index in [9.17, 15) is 4.79 Å². The lowest BCUT2D eigenvalue weighted by atomic mass is 10.2. The molecule has 0 saturated carbocycles. The molecular formula is C19H20N2OS. The number of thioether (sulfide) groups is 1. The topological polar surface area (TPSA) is 34.9 Å². The average molecular weight is 324 g/mol. The predicted molar refractivity (Wildman–Crippen MR) is 98.5 cm³/mol. The first-order valence-electron chi connectivity index (χ1n) is 7.86. The zero-order valence-corrected chi connectivity index (χ0v) is 14.3. The Kier molecular flexibility index (Phi) is 4.82. The number of benzene rings is 2. The minimum absolute atomic E-state index is 0.0111. The highest BCUT2D eigenvalue weighted by Crippen LogP contribution is 2.19. The zero-order chi connectivity index (χ0) is 16.2. The maximum atomic E-state index is 13.0. The SMILES string of the molecule is CCCSCc1nc2ccccc2c(=O)n1-c1ccccc1C. The molecule has 0 fully saturated rings. The molecule has 0 N–H and O–H groups in total. The molecule has 3 aromatic rings. The van der Waals surface area contributed by atoms with Crippen LogP contribution in [-0.2, 0) is 5.75 Å². The van der Waals surface area contributed by atoms with Crippen molar-refractivity contribution in [2.75, 3.05) is 5.75 Å². The molecule has 0 aliphatic heterocycles. The molecule has 0 saturated heterocycles. The summed E-state index contributed by atoms with van der Waals surface area (Å²) in [6, 6.07) is 15.5. The summed E-state index contributed by atoms with van der Waals surface area (Å²) < 4.78 is 1.78. The Labute approximate surface area is 140 Å². The number of aromatic nitrogens is 2. The molecule has 23 heavy (non-hydrogen) atoms. The molecule has 0 unspecified atom stereocenters. The number of hydrogen-bond donors (Lipinski definition) is 0. The maximum absolute atomic E-state index is 13.0. The van der Waals surface area contributed by atoms with Crippen molar-refractivity contribution in [3.63, 3.8) is 0 Å². The first kappa shape index (κ1) is 15.8. The summed E-state index contributed by atoms with van der Waals surface area (Å²) in [6.45, 7) is 4.19. The minimum Gasteiger partial charge on any atom is -0.268 e. The lowest BCUT2D eigenvalue weighted by Crippen LogP contribution is -2.24. The highest BCUT2D eigenvalue weighted by molar-refractivity contribution is 7.98. The first-order valence-corrected chi connectivity index (χ1v) is 9.02. The van der Waals surface area contributed by atoms with E-state index in [1.807, 2.05) is 67.2 Å². The van der Waals surface area contributed by atoms with Gasteiger partial charge >= 0.3 is 0 Å². The van der Waals surface area contributed by atoms with Crippen molar-refractivity contribution in [1.82, 2.24) is 9.55 Å². The van der Waals surface area contributed by atoms with Gasteiger partial charge in [0.1, 0.15) is 5.82 Å². The van der Waals surface area contributed by atoms with Crippen LogP contribution in [0.25, 0.3) is 16.6 Å². The summed E-state index contributed by atoms with van der Waals surface area (Å²) >= 11 is 1.82. The van der Waals surface area contributed by atoms with Gasteiger partial charge in [-0.1, -0.05) is 37.3 Å². The van der Waals surface area contributed by atoms with Gasteiger partial charge in [0.2, 0.25) is 0 Å². The fraction of sp³-hybridized carbons (Fsp3) is 0.263. The number of para-hydroxylation sites is 2. The van der Waals surface area contributed by atoms with Crippen molar-refractivity contribution in [3.05, 3.63) is 70.3 Å². The lowest BCUT2D eigenvalue weighted by molar-refractivity contribution is 0.877. The molecule has 0 amide bonds. The Morgan fingerprint density at radius 3 is 2.61 bits per heavy atom. The van der Waals surface area contributed by atoms with Crippen LogP contribution >= 0.6 is 11.8 Å². The highest BCUT2D eigenvalue weighted by atomic mass is 32.2. The van der Waals surface area contributed by atoms with Gasteiger partial charge in [0.05, 0.1) is 22.3 Å². The number of aryl methyl sites for hydroxylation is 1. The van der Waals surface area contributed by atoms with Gasteiger partial charge in [-0.05, 0) is 42.9 Å². The fourth-order valence-corrected chi connectivity index (χ4v) is 3.46. The van der Waals surface area contributed by atoms with E-state index in [0.29, 0.717) is 5.39 Å². The molecule has 3 rings (SSSR count). The maximum Gasteiger partial charge on any atom is 0.265 e. The van der Waals surface area contributed by atoms with Crippen LogP contribution in [0, 0.1) is 6.92 Å². The van der Waals surface area contributed by atoms with Crippen LogP contribution in [0.1, 0.15) is 24.7 Å². The molecule has 0 aliphatic carbocycles. The first-order chi connectivity index (χ1) is 11.2. The zero-order valence-electron chi connectivity index (χ0n) is 13.5. The Balaban J connectivity index is 2.24. The van der Waals surface area contributed by atoms with Crippen molar-refractivity contribution in [3.8, 4) is 5.69 Å². The van der Waals surface area contributed by atoms with Gasteiger partial charge in [0.25, 0.3) is 5.56 Å². The van der Waals surface area contributed by atoms with Gasteiger partial charge in [-0.3, -0.25) is 9.36 Å². The third kappa shape index (κ3) is 3.17. The normalized spacial score (nSPS) is 11.0. The third-order valence-electron chi connectivity index (χ3n) is 3.78. The molecule has 2 aromatic carbocycles. The van der Waals surface area contributed by atoms with Crippen molar-refractivity contribution < 1.29 is 0 Å². The summed E-state index contributed by atoms with van der Waals surface area (Å²) in [7, 11) is 0. The average Bonchev–Trinajstić information content (AvgIpc) is 2.57. The molecule has 0 bridgehead atoms. The van der Waals surface area contributed by atoms with E-state index >= 15 is 0 Å². The van der Waals surface area contributed by atoms with E-state index in [4.69, 9.17) is 4.98 Å². The second-order valence-electron chi connectivity index (χ2n) is 5.52. The van der Waals surface area contributed by atoms with E-state index in [1.54, 1.807) is 4.57 Å². The summed E-state index contributed by atoms with van der Waals surface area (Å²) in [5.41, 5.74) is 2.78. The van der Waals surface area contributed by atoms with Gasteiger partial charge in [-0.25, -0.2) is 4.98 Å². The minimum atomic E-state index is 0.0111. The van der Waals surface area contributed by atoms with E-state index in [1.165, 1.54) is 0 Å². The smallest absolute Gasteiger partial charge is 0.265 e. The van der Waals surface area contributed by atoms with Crippen molar-refractivity contribution in [2.45, 2.75) is 26.0 Å². The second-order valence-corrected chi connectivity index (χ2v) is 6.63. The summed E-state index contributed by atoms with van der Waals surface area (Å²) in [6.07, 6.45) is 1.12. The standard InChI is InChI=1S/C19H20N2OS/c1-3-12-23-13-18-20-16-10-6-5-9-15(16)19(22)21(18)17-11-7-4-8-14(17)2/h4-11H,3,12-13H2,1-2H3. The Bertz CT molecular complexity index is 886. The number of hydrogen-bond acceptors (Lipinski definition) is 3. The van der Waals surface area contributed by atoms with Crippen molar-refractivity contribution in [1.29, 1.82) is 0 Å². The molecule has 118 valence electrons. The molecule has 4 heteroatoms. The largest absolute Gasteiger partial charge is 0.268 e. The quantitative estimate of drug-likeness (QED) is 0.655. The van der Waals surface area contributed by atoms with Crippen LogP contribution in [0.3, 0.4) is 0 Å². The highest BCUT2D eigenvalue weighted by Gasteiger charge is 2.13. The van der Waals surface area contributed by atoms with E-state index in [-0.39, 0.29) is 5.56 Å². The monoisotopic (exact) mass is 324 g/mol.